The Bertz CT molecular complexity index is 851. The molecular weight excluding hydrogens is 336 g/mol. The molecule has 0 saturated carbocycles. The molecular formula is C22H24N4O. The third kappa shape index (κ3) is 4.91. The van der Waals surface area contributed by atoms with Crippen LogP contribution in [0, 0.1) is 0 Å². The second-order valence-electron chi connectivity index (χ2n) is 6.38. The van der Waals surface area contributed by atoms with E-state index in [-0.39, 0.29) is 11.9 Å². The van der Waals surface area contributed by atoms with Crippen LogP contribution >= 0.6 is 0 Å². The molecule has 1 amide bonds. The molecule has 0 saturated heterocycles. The van der Waals surface area contributed by atoms with Crippen molar-refractivity contribution in [2.24, 2.45) is 0 Å². The smallest absolute Gasteiger partial charge is 0.272 e. The van der Waals surface area contributed by atoms with E-state index in [1.807, 2.05) is 61.5 Å². The Hall–Kier alpha value is -3.21. The molecule has 0 spiro atoms. The molecule has 1 heterocycles. The van der Waals surface area contributed by atoms with Gasteiger partial charge in [0.05, 0.1) is 6.04 Å². The van der Waals surface area contributed by atoms with Gasteiger partial charge in [0.25, 0.3) is 5.91 Å². The predicted octanol–water partition coefficient (Wildman–Crippen LogP) is 3.99. The minimum Gasteiger partial charge on any atom is -0.351 e. The summed E-state index contributed by atoms with van der Waals surface area (Å²) < 4.78 is 0. The highest BCUT2D eigenvalue weighted by molar-refractivity contribution is 5.92. The molecule has 5 heteroatoms. The number of hydrogen-bond acceptors (Lipinski definition) is 4. The standard InChI is InChI=1S/C22H24N4O/c1-3-26(16-18-10-6-4-7-11-18)21-15-14-20(24-25-21)22(27)23-17(2)19-12-8-5-9-13-19/h4-15,17H,3,16H2,1-2H3,(H,23,27). The van der Waals surface area contributed by atoms with Gasteiger partial charge < -0.3 is 10.2 Å². The number of hydrogen-bond donors (Lipinski definition) is 1. The fourth-order valence-electron chi connectivity index (χ4n) is 2.87. The van der Waals surface area contributed by atoms with Gasteiger partial charge in [0.2, 0.25) is 0 Å². The first-order chi connectivity index (χ1) is 13.2. The number of rotatable bonds is 7. The summed E-state index contributed by atoms with van der Waals surface area (Å²) in [6.45, 7) is 5.59. The largest absolute Gasteiger partial charge is 0.351 e. The first-order valence-corrected chi connectivity index (χ1v) is 9.15. The lowest BCUT2D eigenvalue weighted by atomic mass is 10.1. The minimum atomic E-state index is -0.225. The van der Waals surface area contributed by atoms with E-state index in [9.17, 15) is 4.79 Å². The molecule has 1 N–H and O–H groups in total. The highest BCUT2D eigenvalue weighted by Gasteiger charge is 2.14. The predicted molar refractivity (Wildman–Crippen MR) is 108 cm³/mol. The van der Waals surface area contributed by atoms with Crippen molar-refractivity contribution in [3.8, 4) is 0 Å². The SMILES string of the molecule is CCN(Cc1ccccc1)c1ccc(C(=O)NC(C)c2ccccc2)nn1. The Morgan fingerprint density at radius 1 is 0.963 bits per heavy atom. The number of carbonyl (C=O) groups excluding carboxylic acids is 1. The number of nitrogens with one attached hydrogen (secondary N) is 1. The summed E-state index contributed by atoms with van der Waals surface area (Å²) in [5, 5.41) is 11.4. The van der Waals surface area contributed by atoms with Gasteiger partial charge in [0, 0.05) is 13.1 Å². The number of amides is 1. The number of benzene rings is 2. The molecule has 27 heavy (non-hydrogen) atoms. The molecule has 1 atom stereocenters. The Labute approximate surface area is 160 Å². The normalized spacial score (nSPS) is 11.6. The third-order valence-electron chi connectivity index (χ3n) is 4.45. The van der Waals surface area contributed by atoms with Gasteiger partial charge in [-0.05, 0) is 37.1 Å². The average Bonchev–Trinajstić information content (AvgIpc) is 2.73. The molecule has 3 rings (SSSR count). The van der Waals surface area contributed by atoms with Crippen LogP contribution in [0.1, 0.15) is 41.5 Å². The van der Waals surface area contributed by atoms with Crippen LogP contribution in [0.2, 0.25) is 0 Å². The van der Waals surface area contributed by atoms with Crippen LogP contribution in [0.5, 0.6) is 0 Å². The first-order valence-electron chi connectivity index (χ1n) is 9.15. The van der Waals surface area contributed by atoms with Crippen LogP contribution in [0.15, 0.2) is 72.8 Å². The molecule has 3 aromatic rings. The zero-order valence-corrected chi connectivity index (χ0v) is 15.7. The van der Waals surface area contributed by atoms with Crippen molar-refractivity contribution in [2.45, 2.75) is 26.4 Å². The maximum atomic E-state index is 12.4. The molecule has 138 valence electrons. The lowest BCUT2D eigenvalue weighted by Crippen LogP contribution is -2.28. The fourth-order valence-corrected chi connectivity index (χ4v) is 2.87. The van der Waals surface area contributed by atoms with E-state index in [0.29, 0.717) is 5.69 Å². The van der Waals surface area contributed by atoms with Crippen LogP contribution in [-0.2, 0) is 6.54 Å². The van der Waals surface area contributed by atoms with Gasteiger partial charge in [0.15, 0.2) is 11.5 Å². The Balaban J connectivity index is 1.66. The molecule has 0 radical (unpaired) electrons. The van der Waals surface area contributed by atoms with Crippen molar-refractivity contribution >= 4 is 11.7 Å². The summed E-state index contributed by atoms with van der Waals surface area (Å²) in [6.07, 6.45) is 0. The maximum absolute atomic E-state index is 12.4. The van der Waals surface area contributed by atoms with Crippen LogP contribution in [-0.4, -0.2) is 22.6 Å². The summed E-state index contributed by atoms with van der Waals surface area (Å²) in [7, 11) is 0. The van der Waals surface area contributed by atoms with Gasteiger partial charge in [-0.2, -0.15) is 0 Å². The summed E-state index contributed by atoms with van der Waals surface area (Å²) in [5.41, 5.74) is 2.58. The summed E-state index contributed by atoms with van der Waals surface area (Å²) >= 11 is 0. The minimum absolute atomic E-state index is 0.0922. The van der Waals surface area contributed by atoms with Crippen LogP contribution in [0.3, 0.4) is 0 Å². The van der Waals surface area contributed by atoms with Crippen LogP contribution in [0.4, 0.5) is 5.82 Å². The fraction of sp³-hybridized carbons (Fsp3) is 0.227. The quantitative estimate of drug-likeness (QED) is 0.692. The second kappa shape index (κ2) is 8.94. The van der Waals surface area contributed by atoms with Crippen molar-refractivity contribution in [3.05, 3.63) is 89.6 Å². The van der Waals surface area contributed by atoms with E-state index in [1.165, 1.54) is 5.56 Å². The zero-order valence-electron chi connectivity index (χ0n) is 15.7. The van der Waals surface area contributed by atoms with Gasteiger partial charge in [-0.15, -0.1) is 10.2 Å². The Morgan fingerprint density at radius 2 is 1.63 bits per heavy atom. The van der Waals surface area contributed by atoms with Crippen LogP contribution in [0.25, 0.3) is 0 Å². The summed E-state index contributed by atoms with van der Waals surface area (Å²) in [4.78, 5) is 14.6. The van der Waals surface area contributed by atoms with Gasteiger partial charge in [-0.1, -0.05) is 60.7 Å². The lowest BCUT2D eigenvalue weighted by molar-refractivity contribution is 0.0934. The zero-order chi connectivity index (χ0) is 19.1. The molecule has 1 aromatic heterocycles. The highest BCUT2D eigenvalue weighted by atomic mass is 16.2. The van der Waals surface area contributed by atoms with Gasteiger partial charge in [-0.3, -0.25) is 4.79 Å². The molecule has 1 unspecified atom stereocenters. The number of anilines is 1. The number of aromatic nitrogens is 2. The van der Waals surface area contributed by atoms with Gasteiger partial charge in [0.1, 0.15) is 0 Å². The summed E-state index contributed by atoms with van der Waals surface area (Å²) in [5.74, 6) is 0.533. The maximum Gasteiger partial charge on any atom is 0.272 e. The van der Waals surface area contributed by atoms with E-state index in [4.69, 9.17) is 0 Å². The van der Waals surface area contributed by atoms with Crippen molar-refractivity contribution in [2.75, 3.05) is 11.4 Å². The Kier molecular flexibility index (Phi) is 6.15. The monoisotopic (exact) mass is 360 g/mol. The van der Waals surface area contributed by atoms with Gasteiger partial charge in [-0.25, -0.2) is 0 Å². The Morgan fingerprint density at radius 3 is 2.22 bits per heavy atom. The van der Waals surface area contributed by atoms with E-state index in [1.54, 1.807) is 6.07 Å². The van der Waals surface area contributed by atoms with Crippen molar-refractivity contribution < 1.29 is 4.79 Å². The van der Waals surface area contributed by atoms with Crippen molar-refractivity contribution in [1.82, 2.24) is 15.5 Å². The molecule has 0 fully saturated rings. The number of carbonyl (C=O) groups is 1. The molecule has 5 nitrogen and oxygen atoms in total. The molecule has 0 aliphatic rings. The molecule has 2 aromatic carbocycles. The van der Waals surface area contributed by atoms with E-state index < -0.39 is 0 Å². The molecule has 0 aliphatic carbocycles. The molecule has 0 bridgehead atoms. The van der Waals surface area contributed by atoms with Crippen molar-refractivity contribution in [3.63, 3.8) is 0 Å². The summed E-state index contributed by atoms with van der Waals surface area (Å²) in [6, 6.07) is 23.6. The highest BCUT2D eigenvalue weighted by Crippen LogP contribution is 2.15. The third-order valence-corrected chi connectivity index (χ3v) is 4.45. The lowest BCUT2D eigenvalue weighted by Gasteiger charge is -2.21. The topological polar surface area (TPSA) is 58.1 Å². The van der Waals surface area contributed by atoms with E-state index in [2.05, 4.69) is 39.5 Å². The van der Waals surface area contributed by atoms with E-state index >= 15 is 0 Å². The molecule has 0 aliphatic heterocycles. The average molecular weight is 360 g/mol. The van der Waals surface area contributed by atoms with E-state index in [0.717, 1.165) is 24.5 Å². The number of nitrogens with zero attached hydrogens (tertiary/aromatic N) is 3. The first kappa shape index (κ1) is 18.6. The second-order valence-corrected chi connectivity index (χ2v) is 6.38. The van der Waals surface area contributed by atoms with Crippen LogP contribution < -0.4 is 10.2 Å². The van der Waals surface area contributed by atoms with Gasteiger partial charge >= 0.3 is 0 Å². The van der Waals surface area contributed by atoms with Crippen molar-refractivity contribution in [1.29, 1.82) is 0 Å².